The van der Waals surface area contributed by atoms with Crippen molar-refractivity contribution in [2.75, 3.05) is 4.72 Å². The average molecular weight is 358 g/mol. The van der Waals surface area contributed by atoms with Crippen LogP contribution in [0.25, 0.3) is 0 Å². The summed E-state index contributed by atoms with van der Waals surface area (Å²) < 4.78 is 29.6. The summed E-state index contributed by atoms with van der Waals surface area (Å²) in [4.78, 5) is 0.202. The summed E-state index contributed by atoms with van der Waals surface area (Å²) in [7, 11) is -1.85. The van der Waals surface area contributed by atoms with Crippen molar-refractivity contribution in [3.05, 3.63) is 46.2 Å². The molecule has 0 unspecified atom stereocenters. The molecule has 2 aromatic rings. The fourth-order valence-corrected chi connectivity index (χ4v) is 3.73. The highest BCUT2D eigenvalue weighted by atomic mass is 79.9. The molecule has 0 bridgehead atoms. The molecule has 0 aliphatic rings. The van der Waals surface area contributed by atoms with Gasteiger partial charge < -0.3 is 10.3 Å². The van der Waals surface area contributed by atoms with Gasteiger partial charge in [-0.15, -0.1) is 0 Å². The Morgan fingerprint density at radius 2 is 2.05 bits per heavy atom. The summed E-state index contributed by atoms with van der Waals surface area (Å²) in [5.41, 5.74) is 7.87. The van der Waals surface area contributed by atoms with Gasteiger partial charge in [0.25, 0.3) is 10.0 Å². The van der Waals surface area contributed by atoms with Crippen LogP contribution in [0.15, 0.2) is 39.8 Å². The number of nitrogens with one attached hydrogen (secondary N) is 1. The number of nitrogens with two attached hydrogens (primary N) is 1. The molecule has 0 aliphatic carbocycles. The molecule has 3 N–H and O–H groups in total. The fraction of sp³-hybridized carbons (Fsp3) is 0.231. The van der Waals surface area contributed by atoms with E-state index in [2.05, 4.69) is 20.7 Å². The topological polar surface area (TPSA) is 77.1 Å². The predicted molar refractivity (Wildman–Crippen MR) is 83.0 cm³/mol. The first kappa shape index (κ1) is 15.1. The van der Waals surface area contributed by atoms with Crippen LogP contribution in [0.4, 0.5) is 5.69 Å². The lowest BCUT2D eigenvalue weighted by Crippen LogP contribution is -2.12. The molecule has 0 atom stereocenters. The Labute approximate surface area is 127 Å². The van der Waals surface area contributed by atoms with Crippen LogP contribution in [0.5, 0.6) is 0 Å². The van der Waals surface area contributed by atoms with E-state index in [1.165, 1.54) is 0 Å². The highest BCUT2D eigenvalue weighted by Crippen LogP contribution is 2.26. The average Bonchev–Trinajstić information content (AvgIpc) is 2.75. The number of nitrogens with zero attached hydrogens (tertiary/aromatic N) is 1. The largest absolute Gasteiger partial charge is 0.352 e. The number of aryl methyl sites for hydroxylation is 2. The van der Waals surface area contributed by atoms with Gasteiger partial charge in [-0.2, -0.15) is 0 Å². The van der Waals surface area contributed by atoms with Crippen molar-refractivity contribution < 1.29 is 8.42 Å². The van der Waals surface area contributed by atoms with E-state index < -0.39 is 10.0 Å². The van der Waals surface area contributed by atoms with Gasteiger partial charge in [0.05, 0.1) is 5.69 Å². The summed E-state index contributed by atoms with van der Waals surface area (Å²) in [5, 5.41) is 0. The Bertz CT molecular complexity index is 738. The minimum absolute atomic E-state index is 0.202. The molecule has 0 saturated heterocycles. The van der Waals surface area contributed by atoms with Crippen molar-refractivity contribution in [3.63, 3.8) is 0 Å². The van der Waals surface area contributed by atoms with E-state index in [-0.39, 0.29) is 4.90 Å². The van der Waals surface area contributed by atoms with Crippen LogP contribution >= 0.6 is 15.9 Å². The number of halogens is 1. The number of sulfonamides is 1. The zero-order valence-electron chi connectivity index (χ0n) is 11.2. The molecule has 1 aromatic heterocycles. The van der Waals surface area contributed by atoms with Crippen molar-refractivity contribution in [2.45, 2.75) is 18.4 Å². The zero-order chi connectivity index (χ0) is 14.9. The minimum atomic E-state index is -3.62. The number of hydrogen-bond donors (Lipinski definition) is 2. The Morgan fingerprint density at radius 3 is 2.60 bits per heavy atom. The maximum absolute atomic E-state index is 12.3. The summed E-state index contributed by atoms with van der Waals surface area (Å²) in [6, 6.07) is 7.00. The lowest BCUT2D eigenvalue weighted by molar-refractivity contribution is 0.601. The molecule has 0 amide bonds. The van der Waals surface area contributed by atoms with Gasteiger partial charge in [-0.3, -0.25) is 4.72 Å². The van der Waals surface area contributed by atoms with Gasteiger partial charge in [0.15, 0.2) is 0 Å². The summed E-state index contributed by atoms with van der Waals surface area (Å²) in [6.07, 6.45) is 1.55. The van der Waals surface area contributed by atoms with Crippen LogP contribution in [0.2, 0.25) is 0 Å². The quantitative estimate of drug-likeness (QED) is 0.881. The molecule has 1 aromatic carbocycles. The number of hydrogen-bond acceptors (Lipinski definition) is 3. The van der Waals surface area contributed by atoms with Gasteiger partial charge in [-0.05, 0) is 46.6 Å². The molecule has 7 heteroatoms. The maximum atomic E-state index is 12.3. The Morgan fingerprint density at radius 1 is 1.35 bits per heavy atom. The van der Waals surface area contributed by atoms with E-state index in [4.69, 9.17) is 5.73 Å². The highest BCUT2D eigenvalue weighted by Gasteiger charge is 2.18. The van der Waals surface area contributed by atoms with E-state index in [1.807, 2.05) is 19.1 Å². The second-order valence-corrected chi connectivity index (χ2v) is 7.11. The Balaban J connectivity index is 2.35. The van der Waals surface area contributed by atoms with Crippen molar-refractivity contribution in [1.82, 2.24) is 4.57 Å². The number of anilines is 1. The lowest BCUT2D eigenvalue weighted by atomic mass is 10.2. The SMILES string of the molecule is Cc1ccc(NS(=O)(=O)c2cc(CN)n(C)c2)c(Br)c1. The third-order valence-electron chi connectivity index (χ3n) is 2.97. The van der Waals surface area contributed by atoms with Gasteiger partial charge in [-0.25, -0.2) is 8.42 Å². The molecule has 5 nitrogen and oxygen atoms in total. The lowest BCUT2D eigenvalue weighted by Gasteiger charge is -2.09. The summed E-state index contributed by atoms with van der Waals surface area (Å²) in [5.74, 6) is 0. The molecule has 0 saturated carbocycles. The van der Waals surface area contributed by atoms with E-state index in [1.54, 1.807) is 29.9 Å². The van der Waals surface area contributed by atoms with Gasteiger partial charge in [0, 0.05) is 30.0 Å². The van der Waals surface area contributed by atoms with Gasteiger partial charge >= 0.3 is 0 Å². The van der Waals surface area contributed by atoms with Crippen molar-refractivity contribution in [3.8, 4) is 0 Å². The molecule has 20 heavy (non-hydrogen) atoms. The maximum Gasteiger partial charge on any atom is 0.263 e. The molecule has 0 spiro atoms. The molecule has 2 rings (SSSR count). The molecule has 0 fully saturated rings. The third-order valence-corrected chi connectivity index (χ3v) is 4.96. The minimum Gasteiger partial charge on any atom is -0.352 e. The third kappa shape index (κ3) is 3.05. The van der Waals surface area contributed by atoms with E-state index in [0.717, 1.165) is 11.3 Å². The highest BCUT2D eigenvalue weighted by molar-refractivity contribution is 9.10. The Kier molecular flexibility index (Phi) is 4.22. The number of aromatic nitrogens is 1. The fourth-order valence-electron chi connectivity index (χ4n) is 1.83. The van der Waals surface area contributed by atoms with E-state index in [0.29, 0.717) is 16.7 Å². The molecule has 1 heterocycles. The standard InChI is InChI=1S/C13H16BrN3O2S/c1-9-3-4-13(12(14)5-9)16-20(18,19)11-6-10(7-15)17(2)8-11/h3-6,8,16H,7,15H2,1-2H3. The van der Waals surface area contributed by atoms with Crippen LogP contribution in [0, 0.1) is 6.92 Å². The normalized spacial score (nSPS) is 11.6. The zero-order valence-corrected chi connectivity index (χ0v) is 13.6. The van der Waals surface area contributed by atoms with Crippen molar-refractivity contribution in [1.29, 1.82) is 0 Å². The second-order valence-electron chi connectivity index (χ2n) is 4.57. The van der Waals surface area contributed by atoms with Gasteiger partial charge in [0.2, 0.25) is 0 Å². The molecule has 0 radical (unpaired) electrons. The first-order valence-corrected chi connectivity index (χ1v) is 8.25. The van der Waals surface area contributed by atoms with Crippen LogP contribution in [0.3, 0.4) is 0 Å². The van der Waals surface area contributed by atoms with Crippen LogP contribution in [-0.2, 0) is 23.6 Å². The van der Waals surface area contributed by atoms with Gasteiger partial charge in [-0.1, -0.05) is 6.07 Å². The molecule has 108 valence electrons. The molecular formula is C13H16BrN3O2S. The molecular weight excluding hydrogens is 342 g/mol. The first-order chi connectivity index (χ1) is 9.33. The summed E-state index contributed by atoms with van der Waals surface area (Å²) in [6.45, 7) is 2.23. The monoisotopic (exact) mass is 357 g/mol. The number of rotatable bonds is 4. The first-order valence-electron chi connectivity index (χ1n) is 5.98. The van der Waals surface area contributed by atoms with E-state index >= 15 is 0 Å². The van der Waals surface area contributed by atoms with Crippen LogP contribution in [0.1, 0.15) is 11.3 Å². The summed E-state index contributed by atoms with van der Waals surface area (Å²) >= 11 is 3.35. The Hall–Kier alpha value is -1.31. The van der Waals surface area contributed by atoms with Crippen molar-refractivity contribution >= 4 is 31.6 Å². The molecule has 0 aliphatic heterocycles. The van der Waals surface area contributed by atoms with E-state index in [9.17, 15) is 8.42 Å². The van der Waals surface area contributed by atoms with Crippen molar-refractivity contribution in [2.24, 2.45) is 12.8 Å². The second kappa shape index (κ2) is 5.59. The predicted octanol–water partition coefficient (Wildman–Crippen LogP) is 2.36. The van der Waals surface area contributed by atoms with Crippen LogP contribution < -0.4 is 10.5 Å². The smallest absolute Gasteiger partial charge is 0.263 e. The van der Waals surface area contributed by atoms with Gasteiger partial charge in [0.1, 0.15) is 4.90 Å². The van der Waals surface area contributed by atoms with Crippen LogP contribution in [-0.4, -0.2) is 13.0 Å². The number of benzene rings is 1.